The predicted octanol–water partition coefficient (Wildman–Crippen LogP) is 5.72. The molecule has 0 aromatic heterocycles. The maximum Gasteiger partial charge on any atom is 0.338 e. The third-order valence-corrected chi connectivity index (χ3v) is 10.1. The third-order valence-electron chi connectivity index (χ3n) is 5.31. The molecule has 196 valence electrons. The normalized spacial score (nSPS) is 13.5. The number of hydrogen-bond acceptors (Lipinski definition) is 7. The van der Waals surface area contributed by atoms with Crippen LogP contribution in [0.5, 0.6) is 0 Å². The molecule has 9 nitrogen and oxygen atoms in total. The van der Waals surface area contributed by atoms with Crippen molar-refractivity contribution in [3.05, 3.63) is 58.8 Å². The Hall–Kier alpha value is -2.09. The highest BCUT2D eigenvalue weighted by molar-refractivity contribution is 9.15. The molecule has 1 unspecified atom stereocenters. The Labute approximate surface area is 246 Å². The molecule has 1 aliphatic rings. The fourth-order valence-electron chi connectivity index (χ4n) is 3.62. The number of esters is 2. The molecule has 37 heavy (non-hydrogen) atoms. The fourth-order valence-corrected chi connectivity index (χ4v) is 6.08. The van der Waals surface area contributed by atoms with E-state index in [4.69, 9.17) is 9.47 Å². The fraction of sp³-hybridized carbons (Fsp3) is 0.292. The van der Waals surface area contributed by atoms with Gasteiger partial charge in [0.05, 0.1) is 23.3 Å². The summed E-state index contributed by atoms with van der Waals surface area (Å²) in [5, 5.41) is 2.55. The smallest absolute Gasteiger partial charge is 0.338 e. The number of halogens is 4. The second kappa shape index (κ2) is 12.2. The zero-order valence-corrected chi connectivity index (χ0v) is 26.0. The number of ether oxygens (including phenoxy) is 2. The minimum atomic E-state index is -1.26. The minimum absolute atomic E-state index is 0.106. The van der Waals surface area contributed by atoms with Crippen molar-refractivity contribution in [3.63, 3.8) is 0 Å². The number of imide groups is 1. The first kappa shape index (κ1) is 29.5. The lowest BCUT2D eigenvalue weighted by molar-refractivity contribution is -0.152. The monoisotopic (exact) mass is 764 g/mol. The maximum absolute atomic E-state index is 13.3. The standard InChI is InChI=1S/C24H20Br4N2O7/c1-4-36-23(34)11-5-7-12(8-6-11)29-13(31)9-37-24(35)20(10(2)3)30-21(32)14-15(22(30)33)17(26)19(28)18(27)16(14)25/h5-8,10,20H,4,9H2,1-3H3,(H,29,31). The van der Waals surface area contributed by atoms with Crippen LogP contribution in [-0.4, -0.2) is 53.8 Å². The molecule has 0 aliphatic carbocycles. The van der Waals surface area contributed by atoms with Crippen LogP contribution in [0.3, 0.4) is 0 Å². The number of carbonyl (C=O) groups excluding carboxylic acids is 5. The molecule has 0 saturated heterocycles. The summed E-state index contributed by atoms with van der Waals surface area (Å²) in [6.07, 6.45) is 0. The molecule has 0 fully saturated rings. The van der Waals surface area contributed by atoms with Gasteiger partial charge in [-0.15, -0.1) is 0 Å². The second-order valence-corrected chi connectivity index (χ2v) is 11.3. The summed E-state index contributed by atoms with van der Waals surface area (Å²) in [5.74, 6) is -3.85. The van der Waals surface area contributed by atoms with Gasteiger partial charge in [0, 0.05) is 23.6 Å². The number of amides is 3. The first-order chi connectivity index (χ1) is 17.4. The number of anilines is 1. The van der Waals surface area contributed by atoms with E-state index in [2.05, 4.69) is 69.0 Å². The van der Waals surface area contributed by atoms with E-state index in [0.29, 0.717) is 29.1 Å². The van der Waals surface area contributed by atoms with E-state index in [9.17, 15) is 24.0 Å². The van der Waals surface area contributed by atoms with E-state index >= 15 is 0 Å². The maximum atomic E-state index is 13.3. The van der Waals surface area contributed by atoms with Gasteiger partial charge in [-0.05, 0) is 101 Å². The number of hydrogen-bond donors (Lipinski definition) is 1. The Kier molecular flexibility index (Phi) is 9.70. The largest absolute Gasteiger partial charge is 0.462 e. The molecule has 2 aromatic rings. The Bertz CT molecular complexity index is 1250. The minimum Gasteiger partial charge on any atom is -0.462 e. The van der Waals surface area contributed by atoms with E-state index in [1.165, 1.54) is 24.3 Å². The summed E-state index contributed by atoms with van der Waals surface area (Å²) in [6.45, 7) is 4.62. The van der Waals surface area contributed by atoms with Crippen molar-refractivity contribution >= 4 is 99.1 Å². The average molecular weight is 768 g/mol. The van der Waals surface area contributed by atoms with Crippen molar-refractivity contribution in [1.29, 1.82) is 0 Å². The number of carbonyl (C=O) groups is 5. The number of fused-ring (bicyclic) bond motifs is 1. The van der Waals surface area contributed by atoms with Crippen LogP contribution in [0.4, 0.5) is 5.69 Å². The molecule has 1 aliphatic heterocycles. The highest BCUT2D eigenvalue weighted by Crippen LogP contribution is 2.46. The predicted molar refractivity (Wildman–Crippen MR) is 148 cm³/mol. The zero-order chi connectivity index (χ0) is 27.6. The van der Waals surface area contributed by atoms with Crippen LogP contribution in [-0.2, 0) is 19.1 Å². The quantitative estimate of drug-likeness (QED) is 0.158. The number of nitrogens with one attached hydrogen (secondary N) is 1. The molecular weight excluding hydrogens is 748 g/mol. The highest BCUT2D eigenvalue weighted by Gasteiger charge is 2.47. The van der Waals surface area contributed by atoms with Gasteiger partial charge in [-0.3, -0.25) is 19.3 Å². The molecule has 1 atom stereocenters. The van der Waals surface area contributed by atoms with Crippen molar-refractivity contribution in [2.45, 2.75) is 26.8 Å². The molecular formula is C24H20Br4N2O7. The summed E-state index contributed by atoms with van der Waals surface area (Å²) in [6, 6.07) is 4.73. The van der Waals surface area contributed by atoms with Crippen LogP contribution >= 0.6 is 63.7 Å². The lowest BCUT2D eigenvalue weighted by Crippen LogP contribution is -2.49. The van der Waals surface area contributed by atoms with Gasteiger partial charge < -0.3 is 14.8 Å². The topological polar surface area (TPSA) is 119 Å². The van der Waals surface area contributed by atoms with Gasteiger partial charge in [-0.25, -0.2) is 9.59 Å². The second-order valence-electron chi connectivity index (χ2n) is 8.13. The number of nitrogens with zero attached hydrogens (tertiary/aromatic N) is 1. The zero-order valence-electron chi connectivity index (χ0n) is 19.7. The van der Waals surface area contributed by atoms with Crippen LogP contribution in [0.25, 0.3) is 0 Å². The van der Waals surface area contributed by atoms with Crippen molar-refractivity contribution in [3.8, 4) is 0 Å². The van der Waals surface area contributed by atoms with E-state index in [0.717, 1.165) is 4.90 Å². The van der Waals surface area contributed by atoms with Crippen molar-refractivity contribution < 1.29 is 33.4 Å². The Morgan fingerprint density at radius 3 is 1.84 bits per heavy atom. The molecule has 0 bridgehead atoms. The van der Waals surface area contributed by atoms with Crippen LogP contribution in [0.1, 0.15) is 51.8 Å². The number of rotatable bonds is 8. The molecule has 3 rings (SSSR count). The van der Waals surface area contributed by atoms with Gasteiger partial charge in [0.15, 0.2) is 6.61 Å². The van der Waals surface area contributed by atoms with Gasteiger partial charge in [-0.1, -0.05) is 13.8 Å². The van der Waals surface area contributed by atoms with Gasteiger partial charge in [0.1, 0.15) is 6.04 Å². The molecule has 0 radical (unpaired) electrons. The molecule has 13 heteroatoms. The summed E-state index contributed by atoms with van der Waals surface area (Å²) in [7, 11) is 0. The molecule has 0 spiro atoms. The van der Waals surface area contributed by atoms with E-state index in [-0.39, 0.29) is 17.7 Å². The Morgan fingerprint density at radius 2 is 1.38 bits per heavy atom. The summed E-state index contributed by atoms with van der Waals surface area (Å²) in [5.41, 5.74) is 0.911. The highest BCUT2D eigenvalue weighted by atomic mass is 79.9. The molecule has 1 N–H and O–H groups in total. The first-order valence-corrected chi connectivity index (χ1v) is 14.0. The van der Waals surface area contributed by atoms with Crippen molar-refractivity contribution in [2.75, 3.05) is 18.5 Å². The van der Waals surface area contributed by atoms with Gasteiger partial charge in [0.2, 0.25) is 0 Å². The average Bonchev–Trinajstić information content (AvgIpc) is 3.11. The molecule has 3 amide bonds. The van der Waals surface area contributed by atoms with Crippen LogP contribution in [0, 0.1) is 5.92 Å². The van der Waals surface area contributed by atoms with E-state index < -0.39 is 48.2 Å². The molecule has 2 aromatic carbocycles. The van der Waals surface area contributed by atoms with Gasteiger partial charge >= 0.3 is 11.9 Å². The van der Waals surface area contributed by atoms with E-state index in [1.807, 2.05) is 0 Å². The number of benzene rings is 2. The SMILES string of the molecule is CCOC(=O)c1ccc(NC(=O)COC(=O)C(C(C)C)N2C(=O)c3c(Br)c(Br)c(Br)c(Br)c3C2=O)cc1. The van der Waals surface area contributed by atoms with Gasteiger partial charge in [0.25, 0.3) is 17.7 Å². The Morgan fingerprint density at radius 1 is 0.865 bits per heavy atom. The van der Waals surface area contributed by atoms with Crippen LogP contribution < -0.4 is 5.32 Å². The molecule has 1 heterocycles. The lowest BCUT2D eigenvalue weighted by atomic mass is 10.0. The summed E-state index contributed by atoms with van der Waals surface area (Å²) in [4.78, 5) is 64.6. The molecule has 0 saturated carbocycles. The summed E-state index contributed by atoms with van der Waals surface area (Å²) < 4.78 is 11.9. The third kappa shape index (κ3) is 5.99. The van der Waals surface area contributed by atoms with Crippen molar-refractivity contribution in [2.24, 2.45) is 5.92 Å². The summed E-state index contributed by atoms with van der Waals surface area (Å²) >= 11 is 13.4. The Balaban J connectivity index is 1.72. The van der Waals surface area contributed by atoms with Crippen LogP contribution in [0.15, 0.2) is 42.2 Å². The van der Waals surface area contributed by atoms with Crippen LogP contribution in [0.2, 0.25) is 0 Å². The first-order valence-electron chi connectivity index (χ1n) is 10.9. The van der Waals surface area contributed by atoms with Gasteiger partial charge in [-0.2, -0.15) is 0 Å². The van der Waals surface area contributed by atoms with E-state index in [1.54, 1.807) is 20.8 Å². The van der Waals surface area contributed by atoms with Crippen molar-refractivity contribution in [1.82, 2.24) is 4.90 Å². The lowest BCUT2D eigenvalue weighted by Gasteiger charge is -2.27.